The van der Waals surface area contributed by atoms with Crippen molar-refractivity contribution in [2.75, 3.05) is 5.32 Å². The predicted octanol–water partition coefficient (Wildman–Crippen LogP) is 3.23. The summed E-state index contributed by atoms with van der Waals surface area (Å²) < 4.78 is 2.04. The minimum absolute atomic E-state index is 0.0118. The SMILES string of the molecule is Cc1cc2n(n1)[C@H](c1cccnc1)Nc1ccccc1-2. The zero-order chi connectivity index (χ0) is 13.5. The van der Waals surface area contributed by atoms with Gasteiger partial charge < -0.3 is 5.32 Å². The average molecular weight is 262 g/mol. The van der Waals surface area contributed by atoms with Gasteiger partial charge in [0.15, 0.2) is 0 Å². The molecular formula is C16H14N4. The van der Waals surface area contributed by atoms with E-state index in [1.54, 1.807) is 6.20 Å². The van der Waals surface area contributed by atoms with Gasteiger partial charge in [-0.25, -0.2) is 4.68 Å². The highest BCUT2D eigenvalue weighted by Crippen LogP contribution is 2.37. The summed E-state index contributed by atoms with van der Waals surface area (Å²) in [6.45, 7) is 2.02. The molecule has 0 saturated heterocycles. The Morgan fingerprint density at radius 1 is 1.15 bits per heavy atom. The van der Waals surface area contributed by atoms with E-state index in [2.05, 4.69) is 45.7 Å². The number of benzene rings is 1. The van der Waals surface area contributed by atoms with Crippen LogP contribution in [-0.4, -0.2) is 14.8 Å². The van der Waals surface area contributed by atoms with Gasteiger partial charge in [-0.1, -0.05) is 24.3 Å². The van der Waals surface area contributed by atoms with Crippen LogP contribution in [0.2, 0.25) is 0 Å². The van der Waals surface area contributed by atoms with Gasteiger partial charge in [-0.05, 0) is 25.1 Å². The summed E-state index contributed by atoms with van der Waals surface area (Å²) in [4.78, 5) is 4.21. The maximum absolute atomic E-state index is 4.63. The summed E-state index contributed by atoms with van der Waals surface area (Å²) in [5.74, 6) is 0. The highest BCUT2D eigenvalue weighted by Gasteiger charge is 2.25. The first-order chi connectivity index (χ1) is 9.83. The van der Waals surface area contributed by atoms with Gasteiger partial charge in [-0.2, -0.15) is 5.10 Å². The molecule has 0 amide bonds. The molecule has 0 spiro atoms. The van der Waals surface area contributed by atoms with Gasteiger partial charge in [-0.3, -0.25) is 4.98 Å². The second-order valence-electron chi connectivity index (χ2n) is 4.99. The molecule has 0 bridgehead atoms. The molecule has 0 unspecified atom stereocenters. The number of nitrogens with zero attached hydrogens (tertiary/aromatic N) is 3. The van der Waals surface area contributed by atoms with Gasteiger partial charge in [0, 0.05) is 29.2 Å². The monoisotopic (exact) mass is 262 g/mol. The molecule has 1 atom stereocenters. The number of aromatic nitrogens is 3. The topological polar surface area (TPSA) is 42.7 Å². The first kappa shape index (κ1) is 11.2. The molecule has 4 nitrogen and oxygen atoms in total. The highest BCUT2D eigenvalue weighted by molar-refractivity contribution is 5.78. The lowest BCUT2D eigenvalue weighted by Crippen LogP contribution is -2.25. The third-order valence-electron chi connectivity index (χ3n) is 3.60. The first-order valence-corrected chi connectivity index (χ1v) is 6.65. The molecule has 0 fully saturated rings. The number of rotatable bonds is 1. The summed E-state index contributed by atoms with van der Waals surface area (Å²) in [6.07, 6.45) is 3.66. The zero-order valence-corrected chi connectivity index (χ0v) is 11.1. The van der Waals surface area contributed by atoms with Crippen molar-refractivity contribution in [3.63, 3.8) is 0 Å². The molecule has 0 saturated carbocycles. The van der Waals surface area contributed by atoms with E-state index in [0.29, 0.717) is 0 Å². The van der Waals surface area contributed by atoms with Crippen LogP contribution in [0.3, 0.4) is 0 Å². The van der Waals surface area contributed by atoms with Crippen LogP contribution in [0.4, 0.5) is 5.69 Å². The van der Waals surface area contributed by atoms with Crippen molar-refractivity contribution in [2.24, 2.45) is 0 Å². The molecule has 1 N–H and O–H groups in total. The summed E-state index contributed by atoms with van der Waals surface area (Å²) in [5, 5.41) is 8.18. The maximum atomic E-state index is 4.63. The van der Waals surface area contributed by atoms with Gasteiger partial charge in [0.25, 0.3) is 0 Å². The van der Waals surface area contributed by atoms with Gasteiger partial charge in [0.1, 0.15) is 6.17 Å². The largest absolute Gasteiger partial charge is 0.359 e. The van der Waals surface area contributed by atoms with E-state index in [1.165, 1.54) is 5.56 Å². The van der Waals surface area contributed by atoms with Crippen LogP contribution in [0.1, 0.15) is 17.4 Å². The summed E-state index contributed by atoms with van der Waals surface area (Å²) >= 11 is 0. The molecule has 2 aromatic heterocycles. The Kier molecular flexibility index (Phi) is 2.36. The Labute approximate surface area is 117 Å². The fraction of sp³-hybridized carbons (Fsp3) is 0.125. The number of hydrogen-bond donors (Lipinski definition) is 1. The van der Waals surface area contributed by atoms with Crippen molar-refractivity contribution in [3.8, 4) is 11.3 Å². The van der Waals surface area contributed by atoms with Crippen LogP contribution in [-0.2, 0) is 0 Å². The van der Waals surface area contributed by atoms with Crippen LogP contribution in [0.15, 0.2) is 54.9 Å². The van der Waals surface area contributed by atoms with Gasteiger partial charge in [0.05, 0.1) is 11.4 Å². The molecule has 1 aliphatic heterocycles. The van der Waals surface area contributed by atoms with E-state index in [4.69, 9.17) is 0 Å². The van der Waals surface area contributed by atoms with Gasteiger partial charge in [0.2, 0.25) is 0 Å². The summed E-state index contributed by atoms with van der Waals surface area (Å²) in [5.41, 5.74) is 5.59. The van der Waals surface area contributed by atoms with E-state index in [9.17, 15) is 0 Å². The van der Waals surface area contributed by atoms with E-state index >= 15 is 0 Å². The number of aryl methyl sites for hydroxylation is 1. The van der Waals surface area contributed by atoms with Crippen LogP contribution in [0, 0.1) is 6.92 Å². The van der Waals surface area contributed by atoms with Crippen molar-refractivity contribution >= 4 is 5.69 Å². The molecular weight excluding hydrogens is 248 g/mol. The predicted molar refractivity (Wildman–Crippen MR) is 78.4 cm³/mol. The molecule has 20 heavy (non-hydrogen) atoms. The number of fused-ring (bicyclic) bond motifs is 3. The Bertz CT molecular complexity index is 761. The molecule has 3 aromatic rings. The minimum atomic E-state index is -0.0118. The van der Waals surface area contributed by atoms with Crippen LogP contribution < -0.4 is 5.32 Å². The second-order valence-corrected chi connectivity index (χ2v) is 4.99. The van der Waals surface area contributed by atoms with Crippen molar-refractivity contribution in [2.45, 2.75) is 13.1 Å². The van der Waals surface area contributed by atoms with Crippen molar-refractivity contribution in [1.82, 2.24) is 14.8 Å². The van der Waals surface area contributed by atoms with Crippen molar-refractivity contribution < 1.29 is 0 Å². The lowest BCUT2D eigenvalue weighted by Gasteiger charge is -2.28. The molecule has 0 aliphatic carbocycles. The molecule has 4 rings (SSSR count). The molecule has 4 heteroatoms. The fourth-order valence-electron chi connectivity index (χ4n) is 2.72. The lowest BCUT2D eigenvalue weighted by atomic mass is 10.0. The van der Waals surface area contributed by atoms with Crippen LogP contribution in [0.5, 0.6) is 0 Å². The second kappa shape index (κ2) is 4.20. The summed E-state index contributed by atoms with van der Waals surface area (Å²) in [6, 6.07) is 14.5. The van der Waals surface area contributed by atoms with Gasteiger partial charge >= 0.3 is 0 Å². The Morgan fingerprint density at radius 3 is 2.90 bits per heavy atom. The van der Waals surface area contributed by atoms with Gasteiger partial charge in [-0.15, -0.1) is 0 Å². The number of nitrogens with one attached hydrogen (secondary N) is 1. The van der Waals surface area contributed by atoms with Crippen LogP contribution >= 0.6 is 0 Å². The smallest absolute Gasteiger partial charge is 0.148 e. The normalized spacial score (nSPS) is 16.1. The molecule has 1 aromatic carbocycles. The quantitative estimate of drug-likeness (QED) is 0.732. The van der Waals surface area contributed by atoms with E-state index in [1.807, 2.05) is 29.9 Å². The maximum Gasteiger partial charge on any atom is 0.148 e. The standard InChI is InChI=1S/C16H14N4/c1-11-9-15-13-6-2-3-7-14(13)18-16(20(15)19-11)12-5-4-8-17-10-12/h2-10,16,18H,1H3/t16-/m1/s1. The average Bonchev–Trinajstić information content (AvgIpc) is 2.89. The number of para-hydroxylation sites is 1. The first-order valence-electron chi connectivity index (χ1n) is 6.65. The highest BCUT2D eigenvalue weighted by atomic mass is 15.4. The zero-order valence-electron chi connectivity index (χ0n) is 11.1. The van der Waals surface area contributed by atoms with E-state index in [-0.39, 0.29) is 6.17 Å². The Morgan fingerprint density at radius 2 is 2.05 bits per heavy atom. The number of pyridine rings is 1. The molecule has 1 aliphatic rings. The number of anilines is 1. The van der Waals surface area contributed by atoms with E-state index < -0.39 is 0 Å². The van der Waals surface area contributed by atoms with E-state index in [0.717, 1.165) is 22.6 Å². The van der Waals surface area contributed by atoms with Crippen molar-refractivity contribution in [1.29, 1.82) is 0 Å². The van der Waals surface area contributed by atoms with Crippen molar-refractivity contribution in [3.05, 3.63) is 66.1 Å². The minimum Gasteiger partial charge on any atom is -0.359 e. The third-order valence-corrected chi connectivity index (χ3v) is 3.60. The Hall–Kier alpha value is -2.62. The summed E-state index contributed by atoms with van der Waals surface area (Å²) in [7, 11) is 0. The Balaban J connectivity index is 1.93. The molecule has 98 valence electrons. The number of hydrogen-bond acceptors (Lipinski definition) is 3. The fourth-order valence-corrected chi connectivity index (χ4v) is 2.72. The lowest BCUT2D eigenvalue weighted by molar-refractivity contribution is 0.569. The third kappa shape index (κ3) is 1.61. The van der Waals surface area contributed by atoms with Crippen LogP contribution in [0.25, 0.3) is 11.3 Å². The molecule has 0 radical (unpaired) electrons. The molecule has 3 heterocycles.